The number of nitrogens with zero attached hydrogens (tertiary/aromatic N) is 4. The first-order valence-electron chi connectivity index (χ1n) is 13.5. The van der Waals surface area contributed by atoms with E-state index in [-0.39, 0.29) is 48.6 Å². The third-order valence-electron chi connectivity index (χ3n) is 8.02. The van der Waals surface area contributed by atoms with E-state index in [1.54, 1.807) is 19.1 Å². The van der Waals surface area contributed by atoms with Crippen molar-refractivity contribution in [3.05, 3.63) is 57.8 Å². The van der Waals surface area contributed by atoms with Gasteiger partial charge in [0.1, 0.15) is 17.4 Å². The van der Waals surface area contributed by atoms with Crippen molar-refractivity contribution in [1.29, 1.82) is 0 Å². The number of phenols is 1. The second-order valence-corrected chi connectivity index (χ2v) is 10.5. The molecule has 2 aliphatic heterocycles. The van der Waals surface area contributed by atoms with Gasteiger partial charge in [0.2, 0.25) is 0 Å². The van der Waals surface area contributed by atoms with Gasteiger partial charge in [0.25, 0.3) is 5.92 Å². The molecular formula is C28H32F3N5O5. The normalized spacial score (nSPS) is 17.6. The van der Waals surface area contributed by atoms with Crippen LogP contribution in [0.15, 0.2) is 35.1 Å². The predicted octanol–water partition coefficient (Wildman–Crippen LogP) is 4.27. The Hall–Kier alpha value is -4.00. The molecule has 2 aromatic carbocycles. The molecule has 1 atom stereocenters. The summed E-state index contributed by atoms with van der Waals surface area (Å²) in [6.45, 7) is 3.72. The SMILES string of the molecule is C[C@@H](Nc1nc(=O)n(C)c2c(O)cc(N3CCOCC3)cc12)c1cccc(C(F)(F)C2CCN(C(=O)O)CC2)c1F. The Morgan fingerprint density at radius 2 is 1.85 bits per heavy atom. The van der Waals surface area contributed by atoms with E-state index < -0.39 is 41.0 Å². The van der Waals surface area contributed by atoms with Crippen LogP contribution in [0.1, 0.15) is 36.9 Å². The molecule has 5 rings (SSSR count). The lowest BCUT2D eigenvalue weighted by atomic mass is 9.85. The van der Waals surface area contributed by atoms with Gasteiger partial charge < -0.3 is 30.1 Å². The lowest BCUT2D eigenvalue weighted by Gasteiger charge is -2.35. The van der Waals surface area contributed by atoms with Crippen LogP contribution in [-0.4, -0.2) is 70.2 Å². The molecule has 0 spiro atoms. The van der Waals surface area contributed by atoms with Gasteiger partial charge in [-0.15, -0.1) is 0 Å². The Morgan fingerprint density at radius 3 is 2.51 bits per heavy atom. The smallest absolute Gasteiger partial charge is 0.407 e. The number of piperidine rings is 1. The molecule has 2 aliphatic rings. The maximum atomic E-state index is 15.7. The number of benzene rings is 2. The van der Waals surface area contributed by atoms with E-state index in [0.717, 1.165) is 11.0 Å². The standard InChI is InChI=1S/C28H32F3N5O5/c1-16(19-4-3-5-21(23(19)29)28(30,31)17-6-8-36(9-7-17)27(39)40)32-25-20-14-18(35-10-12-41-13-11-35)15-22(37)24(20)34(2)26(38)33-25/h3-5,14-17,37H,6-13H2,1-2H3,(H,39,40)(H,32,33,38)/t16-/m1/s1. The van der Waals surface area contributed by atoms with Crippen LogP contribution in [-0.2, 0) is 17.7 Å². The summed E-state index contributed by atoms with van der Waals surface area (Å²) in [5, 5.41) is 23.4. The number of hydrogen-bond acceptors (Lipinski definition) is 7. The van der Waals surface area contributed by atoms with Crippen molar-refractivity contribution in [3.63, 3.8) is 0 Å². The number of likely N-dealkylation sites (tertiary alicyclic amines) is 1. The molecule has 0 radical (unpaired) electrons. The quantitative estimate of drug-likeness (QED) is 0.399. The molecule has 2 fully saturated rings. The summed E-state index contributed by atoms with van der Waals surface area (Å²) in [5.74, 6) is -5.86. The molecule has 0 unspecified atom stereocenters. The molecule has 220 valence electrons. The minimum absolute atomic E-state index is 0.0458. The topological polar surface area (TPSA) is 120 Å². The van der Waals surface area contributed by atoms with Gasteiger partial charge in [-0.3, -0.25) is 4.57 Å². The number of nitrogens with one attached hydrogen (secondary N) is 1. The van der Waals surface area contributed by atoms with Crippen LogP contribution in [0.25, 0.3) is 10.9 Å². The van der Waals surface area contributed by atoms with Crippen molar-refractivity contribution in [2.24, 2.45) is 13.0 Å². The monoisotopic (exact) mass is 575 g/mol. The molecule has 3 aromatic rings. The molecule has 0 bridgehead atoms. The highest BCUT2D eigenvalue weighted by molar-refractivity contribution is 5.96. The largest absolute Gasteiger partial charge is 0.506 e. The summed E-state index contributed by atoms with van der Waals surface area (Å²) in [5.41, 5.74) is -0.544. The fourth-order valence-electron chi connectivity index (χ4n) is 5.66. The van der Waals surface area contributed by atoms with Gasteiger partial charge in [-0.25, -0.2) is 22.8 Å². The number of alkyl halides is 2. The maximum absolute atomic E-state index is 15.7. The Labute approximate surface area is 234 Å². The van der Waals surface area contributed by atoms with Crippen molar-refractivity contribution in [1.82, 2.24) is 14.5 Å². The van der Waals surface area contributed by atoms with E-state index in [2.05, 4.69) is 10.3 Å². The van der Waals surface area contributed by atoms with E-state index >= 15 is 13.2 Å². The predicted molar refractivity (Wildman–Crippen MR) is 146 cm³/mol. The number of morpholine rings is 1. The fourth-order valence-corrected chi connectivity index (χ4v) is 5.66. The number of hydrogen-bond donors (Lipinski definition) is 3. The zero-order valence-electron chi connectivity index (χ0n) is 22.7. The number of aryl methyl sites for hydroxylation is 1. The number of amides is 1. The lowest BCUT2D eigenvalue weighted by molar-refractivity contribution is -0.0861. The van der Waals surface area contributed by atoms with Crippen molar-refractivity contribution >= 4 is 28.5 Å². The van der Waals surface area contributed by atoms with Gasteiger partial charge in [0, 0.05) is 61.8 Å². The molecule has 13 heteroatoms. The average molecular weight is 576 g/mol. The van der Waals surface area contributed by atoms with E-state index in [1.807, 2.05) is 4.90 Å². The first kappa shape index (κ1) is 28.5. The van der Waals surface area contributed by atoms with Crippen LogP contribution in [0, 0.1) is 11.7 Å². The fraction of sp³-hybridized carbons (Fsp3) is 0.464. The number of fused-ring (bicyclic) bond motifs is 1. The number of aromatic hydroxyl groups is 1. The zero-order chi connectivity index (χ0) is 29.5. The van der Waals surface area contributed by atoms with E-state index in [1.165, 1.54) is 23.7 Å². The van der Waals surface area contributed by atoms with Crippen LogP contribution in [0.5, 0.6) is 5.75 Å². The van der Waals surface area contributed by atoms with Crippen molar-refractivity contribution < 1.29 is 32.9 Å². The molecule has 3 N–H and O–H groups in total. The summed E-state index contributed by atoms with van der Waals surface area (Å²) < 4.78 is 53.5. The third-order valence-corrected chi connectivity index (χ3v) is 8.02. The molecule has 1 amide bonds. The maximum Gasteiger partial charge on any atom is 0.407 e. The van der Waals surface area contributed by atoms with Crippen LogP contribution < -0.4 is 15.9 Å². The van der Waals surface area contributed by atoms with Crippen molar-refractivity contribution in [2.75, 3.05) is 49.6 Å². The molecule has 2 saturated heterocycles. The van der Waals surface area contributed by atoms with Crippen LogP contribution in [0.2, 0.25) is 0 Å². The Bertz CT molecular complexity index is 1520. The van der Waals surface area contributed by atoms with Crippen molar-refractivity contribution in [3.8, 4) is 5.75 Å². The summed E-state index contributed by atoms with van der Waals surface area (Å²) >= 11 is 0. The summed E-state index contributed by atoms with van der Waals surface area (Å²) in [6, 6.07) is 6.24. The van der Waals surface area contributed by atoms with Gasteiger partial charge in [-0.05, 0) is 25.8 Å². The number of rotatable bonds is 6. The number of carboxylic acid groups (broad SMARTS) is 1. The molecule has 10 nitrogen and oxygen atoms in total. The second-order valence-electron chi connectivity index (χ2n) is 10.5. The van der Waals surface area contributed by atoms with E-state index in [9.17, 15) is 14.7 Å². The third kappa shape index (κ3) is 5.37. The Balaban J connectivity index is 1.47. The minimum Gasteiger partial charge on any atom is -0.506 e. The first-order valence-corrected chi connectivity index (χ1v) is 13.5. The Kier molecular flexibility index (Phi) is 7.73. The van der Waals surface area contributed by atoms with Gasteiger partial charge in [0.15, 0.2) is 0 Å². The number of aromatic nitrogens is 2. The summed E-state index contributed by atoms with van der Waals surface area (Å²) in [4.78, 5) is 31.0. The Morgan fingerprint density at radius 1 is 1.17 bits per heavy atom. The lowest BCUT2D eigenvalue weighted by Crippen LogP contribution is -2.42. The highest BCUT2D eigenvalue weighted by atomic mass is 19.3. The highest BCUT2D eigenvalue weighted by Gasteiger charge is 2.45. The highest BCUT2D eigenvalue weighted by Crippen LogP contribution is 2.44. The molecule has 3 heterocycles. The number of phenolic OH excluding ortho intramolecular Hbond substituents is 1. The summed E-state index contributed by atoms with van der Waals surface area (Å²) in [7, 11) is 1.48. The van der Waals surface area contributed by atoms with Crippen LogP contribution in [0.3, 0.4) is 0 Å². The number of halogens is 3. The van der Waals surface area contributed by atoms with Crippen LogP contribution >= 0.6 is 0 Å². The number of anilines is 2. The van der Waals surface area contributed by atoms with Crippen molar-refractivity contribution in [2.45, 2.75) is 31.7 Å². The first-order chi connectivity index (χ1) is 19.5. The average Bonchev–Trinajstić information content (AvgIpc) is 2.95. The van der Waals surface area contributed by atoms with E-state index in [4.69, 9.17) is 9.84 Å². The molecule has 41 heavy (non-hydrogen) atoms. The van der Waals surface area contributed by atoms with Gasteiger partial charge in [-0.2, -0.15) is 4.98 Å². The van der Waals surface area contributed by atoms with Gasteiger partial charge in [0.05, 0.1) is 30.3 Å². The number of ether oxygens (including phenoxy) is 1. The number of carbonyl (C=O) groups is 1. The van der Waals surface area contributed by atoms with E-state index in [0.29, 0.717) is 37.4 Å². The second kappa shape index (κ2) is 11.1. The molecule has 0 aliphatic carbocycles. The minimum atomic E-state index is -3.52. The molecule has 1 aromatic heterocycles. The molecule has 0 saturated carbocycles. The van der Waals surface area contributed by atoms with Gasteiger partial charge >= 0.3 is 11.8 Å². The van der Waals surface area contributed by atoms with Crippen LogP contribution in [0.4, 0.5) is 29.5 Å². The zero-order valence-corrected chi connectivity index (χ0v) is 22.7. The summed E-state index contributed by atoms with van der Waals surface area (Å²) in [6.07, 6.45) is -1.34. The molecular weight excluding hydrogens is 543 g/mol. The van der Waals surface area contributed by atoms with Gasteiger partial charge in [-0.1, -0.05) is 18.2 Å².